The summed E-state index contributed by atoms with van der Waals surface area (Å²) in [4.78, 5) is 0. The zero-order valence-corrected chi connectivity index (χ0v) is 10.4. The second kappa shape index (κ2) is 4.62. The van der Waals surface area contributed by atoms with Crippen LogP contribution in [-0.2, 0) is 0 Å². The first-order valence-electron chi connectivity index (χ1n) is 6.62. The minimum atomic E-state index is -4.63. The lowest BCUT2D eigenvalue weighted by atomic mass is 9.95. The molecule has 104 valence electrons. The zero-order valence-electron chi connectivity index (χ0n) is 10.4. The summed E-state index contributed by atoms with van der Waals surface area (Å²) in [6.45, 7) is 0. The lowest BCUT2D eigenvalue weighted by Crippen LogP contribution is -2.25. The van der Waals surface area contributed by atoms with Gasteiger partial charge in [0.25, 0.3) is 0 Å². The maximum absolute atomic E-state index is 12.0. The first kappa shape index (κ1) is 12.6. The van der Waals surface area contributed by atoms with Gasteiger partial charge in [0.05, 0.1) is 0 Å². The molecule has 2 nitrogen and oxygen atoms in total. The fourth-order valence-electron chi connectivity index (χ4n) is 3.39. The van der Waals surface area contributed by atoms with Gasteiger partial charge in [-0.15, -0.1) is 13.2 Å². The Balaban J connectivity index is 1.60. The monoisotopic (exact) mass is 271 g/mol. The molecule has 1 N–H and O–H groups in total. The van der Waals surface area contributed by atoms with E-state index in [2.05, 4.69) is 10.1 Å². The van der Waals surface area contributed by atoms with E-state index in [-0.39, 0.29) is 5.75 Å². The summed E-state index contributed by atoms with van der Waals surface area (Å²) in [5.74, 6) is 1.40. The van der Waals surface area contributed by atoms with Crippen LogP contribution in [0.2, 0.25) is 0 Å². The Morgan fingerprint density at radius 2 is 1.79 bits per heavy atom. The van der Waals surface area contributed by atoms with Crippen LogP contribution in [0.1, 0.15) is 25.7 Å². The van der Waals surface area contributed by atoms with Crippen molar-refractivity contribution in [2.45, 2.75) is 38.1 Å². The van der Waals surface area contributed by atoms with Crippen LogP contribution in [-0.4, -0.2) is 12.4 Å². The Hall–Kier alpha value is -1.39. The van der Waals surface area contributed by atoms with Crippen LogP contribution in [0.25, 0.3) is 0 Å². The van der Waals surface area contributed by atoms with Gasteiger partial charge in [-0.3, -0.25) is 0 Å². The van der Waals surface area contributed by atoms with Gasteiger partial charge in [0, 0.05) is 11.7 Å². The summed E-state index contributed by atoms with van der Waals surface area (Å²) >= 11 is 0. The molecule has 2 aliphatic rings. The van der Waals surface area contributed by atoms with Gasteiger partial charge < -0.3 is 10.1 Å². The van der Waals surface area contributed by atoms with Crippen LogP contribution in [0.4, 0.5) is 18.9 Å². The molecule has 0 aromatic heterocycles. The third-order valence-electron chi connectivity index (χ3n) is 4.18. The molecule has 0 heterocycles. The predicted molar refractivity (Wildman–Crippen MR) is 66.0 cm³/mol. The van der Waals surface area contributed by atoms with Crippen LogP contribution in [0.15, 0.2) is 24.3 Å². The molecule has 19 heavy (non-hydrogen) atoms. The fraction of sp³-hybridized carbons (Fsp3) is 0.571. The van der Waals surface area contributed by atoms with Crippen molar-refractivity contribution in [1.82, 2.24) is 0 Å². The number of nitrogens with one attached hydrogen (secondary N) is 1. The summed E-state index contributed by atoms with van der Waals surface area (Å²) in [6, 6.07) is 6.47. The standard InChI is InChI=1S/C14H16F3NO/c15-14(16,17)19-12-5-3-11(4-6-12)18-13-8-9-1-2-10(13)7-9/h3-6,9-10,13,18H,1-2,7-8H2. The van der Waals surface area contributed by atoms with E-state index < -0.39 is 6.36 Å². The Labute approximate surface area is 109 Å². The highest BCUT2D eigenvalue weighted by atomic mass is 19.4. The van der Waals surface area contributed by atoms with Gasteiger partial charge in [0.2, 0.25) is 0 Å². The Bertz CT molecular complexity index is 443. The van der Waals surface area contributed by atoms with E-state index in [9.17, 15) is 13.2 Å². The van der Waals surface area contributed by atoms with E-state index in [4.69, 9.17) is 0 Å². The Morgan fingerprint density at radius 3 is 2.32 bits per heavy atom. The van der Waals surface area contributed by atoms with Gasteiger partial charge in [-0.2, -0.15) is 0 Å². The summed E-state index contributed by atoms with van der Waals surface area (Å²) in [7, 11) is 0. The quantitative estimate of drug-likeness (QED) is 0.890. The number of ether oxygens (including phenoxy) is 1. The maximum atomic E-state index is 12.0. The summed E-state index contributed by atoms with van der Waals surface area (Å²) in [5.41, 5.74) is 0.868. The molecule has 2 saturated carbocycles. The molecule has 2 fully saturated rings. The number of hydrogen-bond acceptors (Lipinski definition) is 2. The molecule has 0 saturated heterocycles. The first-order chi connectivity index (χ1) is 8.99. The van der Waals surface area contributed by atoms with Gasteiger partial charge in [-0.1, -0.05) is 6.42 Å². The minimum absolute atomic E-state index is 0.175. The highest BCUT2D eigenvalue weighted by Crippen LogP contribution is 2.45. The van der Waals surface area contributed by atoms with Crippen molar-refractivity contribution in [3.63, 3.8) is 0 Å². The molecule has 0 aliphatic heterocycles. The lowest BCUT2D eigenvalue weighted by Gasteiger charge is -2.24. The molecule has 3 atom stereocenters. The van der Waals surface area contributed by atoms with Crippen molar-refractivity contribution < 1.29 is 17.9 Å². The average Bonchev–Trinajstić information content (AvgIpc) is 2.92. The van der Waals surface area contributed by atoms with Gasteiger partial charge in [-0.25, -0.2) is 0 Å². The Morgan fingerprint density at radius 1 is 1.05 bits per heavy atom. The normalized spacial score (nSPS) is 29.5. The second-order valence-electron chi connectivity index (χ2n) is 5.50. The van der Waals surface area contributed by atoms with Crippen molar-refractivity contribution in [2.75, 3.05) is 5.32 Å². The smallest absolute Gasteiger partial charge is 0.406 e. The van der Waals surface area contributed by atoms with Gasteiger partial charge >= 0.3 is 6.36 Å². The van der Waals surface area contributed by atoms with Crippen molar-refractivity contribution in [3.8, 4) is 5.75 Å². The molecule has 0 spiro atoms. The highest BCUT2D eigenvalue weighted by Gasteiger charge is 2.39. The molecule has 5 heteroatoms. The zero-order chi connectivity index (χ0) is 13.5. The van der Waals surface area contributed by atoms with Crippen LogP contribution < -0.4 is 10.1 Å². The van der Waals surface area contributed by atoms with Gasteiger partial charge in [-0.05, 0) is 55.4 Å². The Kier molecular flexibility index (Phi) is 3.07. The third-order valence-corrected chi connectivity index (χ3v) is 4.18. The molecule has 3 rings (SSSR count). The number of fused-ring (bicyclic) bond motifs is 2. The fourth-order valence-corrected chi connectivity index (χ4v) is 3.39. The van der Waals surface area contributed by atoms with Crippen molar-refractivity contribution in [3.05, 3.63) is 24.3 Å². The van der Waals surface area contributed by atoms with E-state index in [1.54, 1.807) is 12.1 Å². The molecule has 1 aromatic carbocycles. The van der Waals surface area contributed by atoms with E-state index >= 15 is 0 Å². The number of benzene rings is 1. The molecule has 1 aromatic rings. The second-order valence-corrected chi connectivity index (χ2v) is 5.50. The minimum Gasteiger partial charge on any atom is -0.406 e. The predicted octanol–water partition coefficient (Wildman–Crippen LogP) is 4.19. The van der Waals surface area contributed by atoms with Gasteiger partial charge in [0.15, 0.2) is 0 Å². The molecule has 0 amide bonds. The molecule has 0 radical (unpaired) electrons. The number of hydrogen-bond donors (Lipinski definition) is 1. The molecule has 3 unspecified atom stereocenters. The van der Waals surface area contributed by atoms with Crippen LogP contribution >= 0.6 is 0 Å². The van der Waals surface area contributed by atoms with E-state index in [0.717, 1.165) is 17.5 Å². The lowest BCUT2D eigenvalue weighted by molar-refractivity contribution is -0.274. The first-order valence-corrected chi connectivity index (χ1v) is 6.62. The van der Waals surface area contributed by atoms with E-state index in [0.29, 0.717) is 6.04 Å². The van der Waals surface area contributed by atoms with Crippen LogP contribution in [0.3, 0.4) is 0 Å². The topological polar surface area (TPSA) is 21.3 Å². The molecule has 2 aliphatic carbocycles. The van der Waals surface area contributed by atoms with Crippen molar-refractivity contribution >= 4 is 5.69 Å². The van der Waals surface area contributed by atoms with E-state index in [1.165, 1.54) is 37.8 Å². The molecular weight excluding hydrogens is 255 g/mol. The SMILES string of the molecule is FC(F)(F)Oc1ccc(NC2CC3CCC2C3)cc1. The number of rotatable bonds is 3. The third kappa shape index (κ3) is 2.96. The molecular formula is C14H16F3NO. The highest BCUT2D eigenvalue weighted by molar-refractivity contribution is 5.47. The largest absolute Gasteiger partial charge is 0.573 e. The number of alkyl halides is 3. The maximum Gasteiger partial charge on any atom is 0.573 e. The average molecular weight is 271 g/mol. The number of anilines is 1. The van der Waals surface area contributed by atoms with Gasteiger partial charge in [0.1, 0.15) is 5.75 Å². The number of halogens is 3. The van der Waals surface area contributed by atoms with Crippen molar-refractivity contribution in [2.24, 2.45) is 11.8 Å². The van der Waals surface area contributed by atoms with E-state index in [1.807, 2.05) is 0 Å². The summed E-state index contributed by atoms with van der Waals surface area (Å²) in [5, 5.41) is 3.43. The van der Waals surface area contributed by atoms with Crippen LogP contribution in [0.5, 0.6) is 5.75 Å². The van der Waals surface area contributed by atoms with Crippen molar-refractivity contribution in [1.29, 1.82) is 0 Å². The summed E-state index contributed by atoms with van der Waals surface area (Å²) in [6.07, 6.45) is 0.469. The van der Waals surface area contributed by atoms with Crippen LogP contribution in [0, 0.1) is 11.8 Å². The summed E-state index contributed by atoms with van der Waals surface area (Å²) < 4.78 is 39.9. The molecule has 2 bridgehead atoms.